The number of hydrogen-bond donors (Lipinski definition) is 0. The zero-order valence-corrected chi connectivity index (χ0v) is 76.2. The van der Waals surface area contributed by atoms with Gasteiger partial charge in [-0.05, 0) is 235 Å². The lowest BCUT2D eigenvalue weighted by atomic mass is 9.93. The highest BCUT2D eigenvalue weighted by atomic mass is 15.1. The van der Waals surface area contributed by atoms with Crippen molar-refractivity contribution in [1.82, 2.24) is 53.6 Å². The van der Waals surface area contributed by atoms with Crippen molar-refractivity contribution in [1.29, 1.82) is 0 Å². The van der Waals surface area contributed by atoms with Gasteiger partial charge in [0, 0.05) is 95.0 Å². The molecule has 0 fully saturated rings. The molecule has 0 radical (unpaired) electrons. The third-order valence-corrected chi connectivity index (χ3v) is 27.9. The van der Waals surface area contributed by atoms with E-state index in [0.717, 1.165) is 94.5 Å². The molecule has 7 heterocycles. The van der Waals surface area contributed by atoms with Crippen LogP contribution in [0.1, 0.15) is 0 Å². The fourth-order valence-corrected chi connectivity index (χ4v) is 21.4. The maximum atomic E-state index is 5.09. The van der Waals surface area contributed by atoms with E-state index in [1.807, 2.05) is 140 Å². The number of hydrogen-bond acceptors (Lipinski definition) is 8. The molecule has 29 rings (SSSR count). The standard InChI is InChI=1S/C51H32N4.C45H28N4.C34H21N3/c1-4-15-33(16-5-1)36-21-14-22-38(29-36)55-47-28-27-37(51-53-49(34-17-6-2-7-18-34)52-50(54-51)35-19-8-3-9-20-35)30-45(47)46-31-43-41-25-12-10-23-39(41)40-24-11-13-26-42(40)44(43)32-48(46)55;1-4-14-29(15-5-1)43-46-44(30-16-6-2-7-17-30)48-45(47-43)31-24-25-41-39(26-31)40-27-37-35-22-12-10-20-33(35)34-21-11-13-23-36(34)38(37)28-42(40)49(41)32-18-8-3-9-19-32;1-3-9-26-24(7-1)25-8-2-4-10-27(25)30-20-34-31(19-29(26)30)28-11-5-6-12-33(28)37(34)23-13-14-32(36-21-23)22-15-17-35-18-16-22/h1-32H;1-28H;1-21H. The first-order valence-corrected chi connectivity index (χ1v) is 47.7. The smallest absolute Gasteiger partial charge is 0.164 e. The van der Waals surface area contributed by atoms with E-state index >= 15 is 0 Å². The number of nitrogens with zero attached hydrogens (tertiary/aromatic N) is 11. The van der Waals surface area contributed by atoms with Crippen LogP contribution in [0.15, 0.2) is 492 Å². The molecule has 0 atom stereocenters. The first kappa shape index (κ1) is 81.5. The third kappa shape index (κ3) is 14.1. The molecular weight excluding hydrogens is 1720 g/mol. The Kier molecular flexibility index (Phi) is 19.7. The van der Waals surface area contributed by atoms with Crippen molar-refractivity contribution in [3.05, 3.63) is 492 Å². The summed E-state index contributed by atoms with van der Waals surface area (Å²) in [5.41, 5.74) is 20.3. The minimum Gasteiger partial charge on any atom is -0.309 e. The summed E-state index contributed by atoms with van der Waals surface area (Å²) in [6.07, 6.45) is 5.58. The van der Waals surface area contributed by atoms with Gasteiger partial charge in [-0.25, -0.2) is 29.9 Å². The first-order chi connectivity index (χ1) is 69.9. The van der Waals surface area contributed by atoms with Crippen molar-refractivity contribution < 1.29 is 0 Å². The molecule has 0 bridgehead atoms. The van der Waals surface area contributed by atoms with Crippen molar-refractivity contribution >= 4 is 162 Å². The Balaban J connectivity index is 0.000000108. The molecule has 0 N–H and O–H groups in total. The molecule has 0 aliphatic rings. The number of pyridine rings is 2. The number of benzene rings is 22. The minimum absolute atomic E-state index is 0.638. The monoisotopic (exact) mass is 1800 g/mol. The lowest BCUT2D eigenvalue weighted by molar-refractivity contribution is 1.07. The molecule has 0 aliphatic carbocycles. The van der Waals surface area contributed by atoms with Crippen LogP contribution in [-0.2, 0) is 0 Å². The van der Waals surface area contributed by atoms with Crippen molar-refractivity contribution in [2.45, 2.75) is 0 Å². The van der Waals surface area contributed by atoms with Crippen LogP contribution in [-0.4, -0.2) is 53.6 Å². The van der Waals surface area contributed by atoms with Gasteiger partial charge < -0.3 is 13.7 Å². The Bertz CT molecular complexity index is 9920. The number of para-hydroxylation sites is 2. The molecule has 0 amide bonds. The fraction of sp³-hybridized carbons (Fsp3) is 0. The molecule has 141 heavy (non-hydrogen) atoms. The highest BCUT2D eigenvalue weighted by Crippen LogP contribution is 2.48. The second-order valence-electron chi connectivity index (χ2n) is 36.0. The van der Waals surface area contributed by atoms with Crippen LogP contribution in [0.25, 0.3) is 270 Å². The topological polar surface area (TPSA) is 118 Å². The summed E-state index contributed by atoms with van der Waals surface area (Å²) in [7, 11) is 0. The number of rotatable bonds is 11. The van der Waals surface area contributed by atoms with E-state index in [4.69, 9.17) is 34.9 Å². The molecule has 0 saturated heterocycles. The van der Waals surface area contributed by atoms with E-state index in [1.54, 1.807) is 12.4 Å². The van der Waals surface area contributed by atoms with Gasteiger partial charge in [-0.1, -0.05) is 346 Å². The molecule has 29 aromatic rings. The van der Waals surface area contributed by atoms with Gasteiger partial charge in [0.2, 0.25) is 0 Å². The lowest BCUT2D eigenvalue weighted by Crippen LogP contribution is -2.00. The Labute approximate surface area is 809 Å². The average molecular weight is 1800 g/mol. The van der Waals surface area contributed by atoms with Crippen molar-refractivity contribution in [3.8, 4) is 108 Å². The van der Waals surface area contributed by atoms with Crippen LogP contribution >= 0.6 is 0 Å². The summed E-state index contributed by atoms with van der Waals surface area (Å²) in [5.74, 6) is 3.88. The molecule has 7 aromatic heterocycles. The second kappa shape index (κ2) is 34.1. The van der Waals surface area contributed by atoms with Crippen LogP contribution in [0.2, 0.25) is 0 Å². The van der Waals surface area contributed by atoms with Gasteiger partial charge in [-0.2, -0.15) is 0 Å². The van der Waals surface area contributed by atoms with Gasteiger partial charge in [0.05, 0.1) is 50.7 Å². The van der Waals surface area contributed by atoms with Crippen molar-refractivity contribution in [2.75, 3.05) is 0 Å². The third-order valence-electron chi connectivity index (χ3n) is 27.9. The molecule has 11 heteroatoms. The van der Waals surface area contributed by atoms with E-state index in [9.17, 15) is 0 Å². The Morgan fingerprint density at radius 3 is 0.766 bits per heavy atom. The summed E-state index contributed by atoms with van der Waals surface area (Å²) >= 11 is 0. The molecule has 0 aliphatic heterocycles. The highest BCUT2D eigenvalue weighted by Gasteiger charge is 2.25. The zero-order valence-electron chi connectivity index (χ0n) is 76.2. The summed E-state index contributed by atoms with van der Waals surface area (Å²) in [6, 6.07) is 168. The van der Waals surface area contributed by atoms with Gasteiger partial charge >= 0.3 is 0 Å². The van der Waals surface area contributed by atoms with E-state index in [2.05, 4.69) is 358 Å². The second-order valence-corrected chi connectivity index (χ2v) is 36.0. The predicted octanol–water partition coefficient (Wildman–Crippen LogP) is 33.2. The maximum absolute atomic E-state index is 5.09. The van der Waals surface area contributed by atoms with Gasteiger partial charge in [0.25, 0.3) is 0 Å². The fourth-order valence-electron chi connectivity index (χ4n) is 21.4. The van der Waals surface area contributed by atoms with Crippen molar-refractivity contribution in [2.24, 2.45) is 0 Å². The molecule has 0 unspecified atom stereocenters. The van der Waals surface area contributed by atoms with Crippen LogP contribution in [0.4, 0.5) is 0 Å². The maximum Gasteiger partial charge on any atom is 0.164 e. The summed E-state index contributed by atoms with van der Waals surface area (Å²) in [4.78, 5) is 39.1. The summed E-state index contributed by atoms with van der Waals surface area (Å²) < 4.78 is 7.15. The van der Waals surface area contributed by atoms with Crippen LogP contribution < -0.4 is 0 Å². The van der Waals surface area contributed by atoms with E-state index in [-0.39, 0.29) is 0 Å². The van der Waals surface area contributed by atoms with E-state index in [0.29, 0.717) is 34.9 Å². The largest absolute Gasteiger partial charge is 0.309 e. The van der Waals surface area contributed by atoms with Crippen LogP contribution in [0.3, 0.4) is 0 Å². The minimum atomic E-state index is 0.638. The number of aromatic nitrogens is 11. The van der Waals surface area contributed by atoms with Gasteiger partial charge in [0.15, 0.2) is 34.9 Å². The lowest BCUT2D eigenvalue weighted by Gasteiger charge is -2.13. The molecule has 11 nitrogen and oxygen atoms in total. The molecule has 22 aromatic carbocycles. The van der Waals surface area contributed by atoms with Crippen LogP contribution in [0.5, 0.6) is 0 Å². The van der Waals surface area contributed by atoms with Crippen molar-refractivity contribution in [3.63, 3.8) is 0 Å². The molecule has 656 valence electrons. The van der Waals surface area contributed by atoms with E-state index in [1.165, 1.54) is 141 Å². The molecule has 0 saturated carbocycles. The van der Waals surface area contributed by atoms with Crippen LogP contribution in [0, 0.1) is 0 Å². The van der Waals surface area contributed by atoms with Gasteiger partial charge in [-0.3, -0.25) is 9.97 Å². The highest BCUT2D eigenvalue weighted by molar-refractivity contribution is 6.32. The van der Waals surface area contributed by atoms with Gasteiger partial charge in [0.1, 0.15) is 0 Å². The normalized spacial score (nSPS) is 11.7. The SMILES string of the molecule is c1ccc(-c2cccc(-n3c4ccc(-c5nc(-c6ccccc6)nc(-c6ccccc6)n5)cc4c4cc5c6ccccc6c6ccccc6c5cc43)c2)cc1.c1ccc(-c2nc(-c3ccccc3)nc(-c3ccc4c(c3)c3cc5c6ccccc6c6ccccc6c5cc3n4-c3ccccc3)n2)cc1.c1ccc2c(c1)c1ccccc1c1cc3c(cc21)c1ccccc1n3-c1ccc(-c2ccncc2)nc1. The quantitative estimate of drug-likeness (QED) is 0.118. The Morgan fingerprint density at radius 2 is 0.404 bits per heavy atom. The number of fused-ring (bicyclic) bond motifs is 27. The van der Waals surface area contributed by atoms with E-state index < -0.39 is 0 Å². The summed E-state index contributed by atoms with van der Waals surface area (Å²) in [6.45, 7) is 0. The van der Waals surface area contributed by atoms with Gasteiger partial charge in [-0.15, -0.1) is 0 Å². The Hall–Kier alpha value is -19.1. The molecular formula is C130H81N11. The zero-order chi connectivity index (χ0) is 93.0. The Morgan fingerprint density at radius 1 is 0.135 bits per heavy atom. The average Bonchev–Trinajstić information content (AvgIpc) is 1.64. The molecule has 0 spiro atoms. The first-order valence-electron chi connectivity index (χ1n) is 47.7. The summed E-state index contributed by atoms with van der Waals surface area (Å²) in [5, 5.41) is 29.9. The predicted molar refractivity (Wildman–Crippen MR) is 586 cm³/mol.